The van der Waals surface area contributed by atoms with Crippen molar-refractivity contribution in [3.63, 3.8) is 0 Å². The molecular formula is C18H29NO. The van der Waals surface area contributed by atoms with Gasteiger partial charge in [-0.2, -0.15) is 0 Å². The third-order valence-electron chi connectivity index (χ3n) is 5.39. The fraction of sp³-hybridized carbons (Fsp3) is 0.667. The van der Waals surface area contributed by atoms with Crippen LogP contribution >= 0.6 is 0 Å². The van der Waals surface area contributed by atoms with E-state index in [4.69, 9.17) is 5.73 Å². The molecule has 2 nitrogen and oxygen atoms in total. The number of aliphatic hydroxyl groups excluding tert-OH is 1. The van der Waals surface area contributed by atoms with E-state index < -0.39 is 6.10 Å². The molecule has 0 heterocycles. The molecule has 1 aliphatic carbocycles. The fourth-order valence-corrected chi connectivity index (χ4v) is 3.63. The van der Waals surface area contributed by atoms with Gasteiger partial charge in [0.2, 0.25) is 0 Å². The molecule has 0 aromatic heterocycles. The highest BCUT2D eigenvalue weighted by atomic mass is 16.3. The van der Waals surface area contributed by atoms with E-state index >= 15 is 0 Å². The third kappa shape index (κ3) is 2.91. The lowest BCUT2D eigenvalue weighted by Gasteiger charge is -2.43. The first kappa shape index (κ1) is 15.5. The van der Waals surface area contributed by atoms with Gasteiger partial charge in [-0.3, -0.25) is 0 Å². The summed E-state index contributed by atoms with van der Waals surface area (Å²) >= 11 is 0. The number of hydrogen-bond acceptors (Lipinski definition) is 2. The average molecular weight is 275 g/mol. The highest BCUT2D eigenvalue weighted by Gasteiger charge is 2.41. The molecule has 2 rings (SSSR count). The second kappa shape index (κ2) is 6.28. The highest BCUT2D eigenvalue weighted by molar-refractivity contribution is 5.33. The summed E-state index contributed by atoms with van der Waals surface area (Å²) in [4.78, 5) is 0. The van der Waals surface area contributed by atoms with Crippen LogP contribution in [-0.4, -0.2) is 11.7 Å². The summed E-state index contributed by atoms with van der Waals surface area (Å²) in [7, 11) is 0. The Hall–Kier alpha value is -0.860. The largest absolute Gasteiger partial charge is 0.388 e. The molecule has 1 saturated carbocycles. The van der Waals surface area contributed by atoms with Gasteiger partial charge >= 0.3 is 0 Å². The summed E-state index contributed by atoms with van der Waals surface area (Å²) in [6, 6.07) is 6.34. The minimum Gasteiger partial charge on any atom is -0.388 e. The van der Waals surface area contributed by atoms with Gasteiger partial charge in [-0.05, 0) is 56.6 Å². The van der Waals surface area contributed by atoms with Crippen molar-refractivity contribution >= 4 is 0 Å². The monoisotopic (exact) mass is 275 g/mol. The maximum atomic E-state index is 11.0. The quantitative estimate of drug-likeness (QED) is 0.876. The van der Waals surface area contributed by atoms with E-state index in [-0.39, 0.29) is 5.41 Å². The topological polar surface area (TPSA) is 46.2 Å². The van der Waals surface area contributed by atoms with Gasteiger partial charge in [0.25, 0.3) is 0 Å². The Balaban J connectivity index is 2.25. The van der Waals surface area contributed by atoms with Gasteiger partial charge in [-0.25, -0.2) is 0 Å². The smallest absolute Gasteiger partial charge is 0.0860 e. The second-order valence-electron chi connectivity index (χ2n) is 6.68. The predicted molar refractivity (Wildman–Crippen MR) is 84.6 cm³/mol. The van der Waals surface area contributed by atoms with Crippen molar-refractivity contribution in [1.29, 1.82) is 0 Å². The second-order valence-corrected chi connectivity index (χ2v) is 6.68. The highest BCUT2D eigenvalue weighted by Crippen LogP contribution is 2.48. The molecule has 2 heteroatoms. The van der Waals surface area contributed by atoms with E-state index in [1.165, 1.54) is 30.4 Å². The van der Waals surface area contributed by atoms with Crippen LogP contribution in [0.15, 0.2) is 18.2 Å². The fourth-order valence-electron chi connectivity index (χ4n) is 3.63. The third-order valence-corrected chi connectivity index (χ3v) is 5.39. The molecule has 1 atom stereocenters. The zero-order valence-electron chi connectivity index (χ0n) is 13.2. The molecule has 112 valence electrons. The van der Waals surface area contributed by atoms with E-state index in [0.29, 0.717) is 6.54 Å². The molecule has 0 aliphatic heterocycles. The van der Waals surface area contributed by atoms with Gasteiger partial charge in [0.15, 0.2) is 0 Å². The van der Waals surface area contributed by atoms with Crippen molar-refractivity contribution in [2.45, 2.75) is 59.0 Å². The molecule has 1 aromatic rings. The van der Waals surface area contributed by atoms with Gasteiger partial charge in [0.1, 0.15) is 0 Å². The van der Waals surface area contributed by atoms with E-state index in [2.05, 4.69) is 39.0 Å². The Kier molecular flexibility index (Phi) is 4.87. The van der Waals surface area contributed by atoms with Crippen LogP contribution in [-0.2, 0) is 0 Å². The SMILES string of the molecule is CCC1CCC(CN)(C(O)c2cc(C)ccc2C)CC1. The molecule has 3 N–H and O–H groups in total. The van der Waals surface area contributed by atoms with Crippen LogP contribution in [0.5, 0.6) is 0 Å². The Morgan fingerprint density at radius 1 is 1.30 bits per heavy atom. The van der Waals surface area contributed by atoms with Crippen molar-refractivity contribution in [3.05, 3.63) is 34.9 Å². The zero-order chi connectivity index (χ0) is 14.8. The van der Waals surface area contributed by atoms with Crippen molar-refractivity contribution < 1.29 is 5.11 Å². The molecule has 1 aromatic carbocycles. The number of aliphatic hydroxyl groups is 1. The summed E-state index contributed by atoms with van der Waals surface area (Å²) in [6.45, 7) is 7.01. The molecular weight excluding hydrogens is 246 g/mol. The Morgan fingerprint density at radius 3 is 2.50 bits per heavy atom. The maximum absolute atomic E-state index is 11.0. The maximum Gasteiger partial charge on any atom is 0.0860 e. The lowest BCUT2D eigenvalue weighted by atomic mass is 9.65. The zero-order valence-corrected chi connectivity index (χ0v) is 13.2. The molecule has 0 spiro atoms. The van der Waals surface area contributed by atoms with Gasteiger partial charge < -0.3 is 10.8 Å². The van der Waals surface area contributed by atoms with Crippen LogP contribution in [0, 0.1) is 25.2 Å². The van der Waals surface area contributed by atoms with Gasteiger partial charge in [-0.1, -0.05) is 37.1 Å². The van der Waals surface area contributed by atoms with Gasteiger partial charge in [0.05, 0.1) is 6.10 Å². The first-order valence-corrected chi connectivity index (χ1v) is 7.97. The molecule has 0 saturated heterocycles. The Bertz CT molecular complexity index is 447. The lowest BCUT2D eigenvalue weighted by Crippen LogP contribution is -2.40. The minimum absolute atomic E-state index is 0.121. The van der Waals surface area contributed by atoms with E-state index in [9.17, 15) is 5.11 Å². The van der Waals surface area contributed by atoms with Crippen LogP contribution < -0.4 is 5.73 Å². The Morgan fingerprint density at radius 2 is 1.95 bits per heavy atom. The molecule has 0 amide bonds. The molecule has 0 bridgehead atoms. The summed E-state index contributed by atoms with van der Waals surface area (Å²) in [5.41, 5.74) is 9.43. The first-order valence-electron chi connectivity index (χ1n) is 7.97. The van der Waals surface area contributed by atoms with Crippen molar-refractivity contribution in [3.8, 4) is 0 Å². The lowest BCUT2D eigenvalue weighted by molar-refractivity contribution is -0.0107. The van der Waals surface area contributed by atoms with E-state index in [0.717, 1.165) is 24.3 Å². The Labute approximate surface area is 123 Å². The van der Waals surface area contributed by atoms with Crippen LogP contribution in [0.25, 0.3) is 0 Å². The van der Waals surface area contributed by atoms with Crippen molar-refractivity contribution in [1.82, 2.24) is 0 Å². The van der Waals surface area contributed by atoms with Crippen molar-refractivity contribution in [2.24, 2.45) is 17.1 Å². The number of hydrogen-bond donors (Lipinski definition) is 2. The average Bonchev–Trinajstić information content (AvgIpc) is 2.49. The van der Waals surface area contributed by atoms with Crippen LogP contribution in [0.4, 0.5) is 0 Å². The minimum atomic E-state index is -0.426. The molecule has 20 heavy (non-hydrogen) atoms. The number of aryl methyl sites for hydroxylation is 2. The van der Waals surface area contributed by atoms with Crippen molar-refractivity contribution in [2.75, 3.05) is 6.54 Å². The van der Waals surface area contributed by atoms with E-state index in [1.54, 1.807) is 0 Å². The van der Waals surface area contributed by atoms with Crippen LogP contribution in [0.3, 0.4) is 0 Å². The summed E-state index contributed by atoms with van der Waals surface area (Å²) in [5, 5.41) is 11.0. The molecule has 1 aliphatic rings. The summed E-state index contributed by atoms with van der Waals surface area (Å²) in [5.74, 6) is 0.820. The summed E-state index contributed by atoms with van der Waals surface area (Å²) in [6.07, 6.45) is 5.34. The molecule has 1 unspecified atom stereocenters. The molecule has 1 fully saturated rings. The normalized spacial score (nSPS) is 28.4. The summed E-state index contributed by atoms with van der Waals surface area (Å²) < 4.78 is 0. The van der Waals surface area contributed by atoms with Crippen LogP contribution in [0.1, 0.15) is 61.8 Å². The van der Waals surface area contributed by atoms with Gasteiger partial charge in [-0.15, -0.1) is 0 Å². The first-order chi connectivity index (χ1) is 9.52. The predicted octanol–water partition coefficient (Wildman–Crippen LogP) is 3.88. The van der Waals surface area contributed by atoms with Gasteiger partial charge in [0, 0.05) is 12.0 Å². The standard InChI is InChI=1S/C18H29NO/c1-4-15-7-9-18(12-19,10-8-15)17(20)16-11-13(2)5-6-14(16)3/h5-6,11,15,17,20H,4,7-10,12,19H2,1-3H3. The molecule has 0 radical (unpaired) electrons. The number of benzene rings is 1. The van der Waals surface area contributed by atoms with Crippen LogP contribution in [0.2, 0.25) is 0 Å². The number of nitrogens with two attached hydrogens (primary N) is 1. The van der Waals surface area contributed by atoms with E-state index in [1.807, 2.05) is 0 Å². The number of rotatable bonds is 4.